The summed E-state index contributed by atoms with van der Waals surface area (Å²) in [5.74, 6) is -0.428. The quantitative estimate of drug-likeness (QED) is 0.790. The number of nitrogens with one attached hydrogen (secondary N) is 1. The number of rotatable bonds is 5. The van der Waals surface area contributed by atoms with Crippen LogP contribution in [-0.2, 0) is 14.8 Å². The molecule has 0 unspecified atom stereocenters. The lowest BCUT2D eigenvalue weighted by Crippen LogP contribution is -2.16. The van der Waals surface area contributed by atoms with Crippen LogP contribution in [0.1, 0.15) is 10.4 Å². The van der Waals surface area contributed by atoms with Crippen LogP contribution < -0.4 is 9.46 Å². The molecular weight excluding hydrogens is 377 g/mol. The van der Waals surface area contributed by atoms with Gasteiger partial charge < -0.3 is 9.47 Å². The molecule has 0 radical (unpaired) electrons. The standard InChI is InChI=1S/C15H13Cl2NO5S/c1-22-11-7-8-12(14(17)13(11)16)24(20,21)18-10-6-4-3-5-9(10)15(19)23-2/h3-8,18H,1-2H3. The van der Waals surface area contributed by atoms with Crippen LogP contribution in [0.2, 0.25) is 10.0 Å². The molecule has 24 heavy (non-hydrogen) atoms. The molecule has 2 rings (SSSR count). The van der Waals surface area contributed by atoms with Gasteiger partial charge in [0.15, 0.2) is 0 Å². The summed E-state index contributed by atoms with van der Waals surface area (Å²) in [6.07, 6.45) is 0. The maximum atomic E-state index is 12.6. The van der Waals surface area contributed by atoms with Gasteiger partial charge in [-0.05, 0) is 24.3 Å². The Labute approximate surface area is 149 Å². The molecule has 0 fully saturated rings. The average Bonchev–Trinajstić information content (AvgIpc) is 2.56. The topological polar surface area (TPSA) is 81.7 Å². The second kappa shape index (κ2) is 7.29. The number of para-hydroxylation sites is 1. The van der Waals surface area contributed by atoms with Gasteiger partial charge in [-0.3, -0.25) is 4.72 Å². The Bertz CT molecular complexity index is 883. The van der Waals surface area contributed by atoms with Crippen molar-refractivity contribution in [2.45, 2.75) is 4.90 Å². The van der Waals surface area contributed by atoms with Crippen LogP contribution in [0.4, 0.5) is 5.69 Å². The second-order valence-corrected chi connectivity index (χ2v) is 6.94. The summed E-state index contributed by atoms with van der Waals surface area (Å²) in [6.45, 7) is 0. The van der Waals surface area contributed by atoms with Gasteiger partial charge in [-0.25, -0.2) is 13.2 Å². The number of halogens is 2. The largest absolute Gasteiger partial charge is 0.495 e. The fourth-order valence-corrected chi connectivity index (χ4v) is 3.86. The summed E-state index contributed by atoms with van der Waals surface area (Å²) in [4.78, 5) is 11.5. The molecule has 2 aromatic carbocycles. The van der Waals surface area contributed by atoms with Crippen molar-refractivity contribution in [1.82, 2.24) is 0 Å². The normalized spacial score (nSPS) is 11.0. The molecule has 0 aliphatic carbocycles. The van der Waals surface area contributed by atoms with Crippen molar-refractivity contribution < 1.29 is 22.7 Å². The fourth-order valence-electron chi connectivity index (χ4n) is 1.94. The lowest BCUT2D eigenvalue weighted by molar-refractivity contribution is 0.0602. The van der Waals surface area contributed by atoms with Crippen LogP contribution in [0.15, 0.2) is 41.3 Å². The minimum atomic E-state index is -4.09. The van der Waals surface area contributed by atoms with Gasteiger partial charge in [-0.15, -0.1) is 0 Å². The highest BCUT2D eigenvalue weighted by Gasteiger charge is 2.24. The highest BCUT2D eigenvalue weighted by Crippen LogP contribution is 2.37. The van der Waals surface area contributed by atoms with E-state index in [9.17, 15) is 13.2 Å². The molecule has 0 aliphatic rings. The second-order valence-electron chi connectivity index (χ2n) is 4.54. The van der Waals surface area contributed by atoms with E-state index >= 15 is 0 Å². The third-order valence-electron chi connectivity index (χ3n) is 3.10. The first-order chi connectivity index (χ1) is 11.3. The summed E-state index contributed by atoms with van der Waals surface area (Å²) in [5.41, 5.74) is 0.131. The van der Waals surface area contributed by atoms with E-state index in [4.69, 9.17) is 27.9 Å². The van der Waals surface area contributed by atoms with Crippen LogP contribution in [0.25, 0.3) is 0 Å². The Kier molecular flexibility index (Phi) is 5.58. The predicted molar refractivity (Wildman–Crippen MR) is 91.6 cm³/mol. The Balaban J connectivity index is 2.48. The predicted octanol–water partition coefficient (Wildman–Crippen LogP) is 3.59. The molecule has 0 heterocycles. The van der Waals surface area contributed by atoms with E-state index in [1.807, 2.05) is 0 Å². The van der Waals surface area contributed by atoms with E-state index in [0.717, 1.165) is 0 Å². The molecule has 0 aromatic heterocycles. The molecule has 128 valence electrons. The Morgan fingerprint density at radius 3 is 2.33 bits per heavy atom. The molecule has 6 nitrogen and oxygen atoms in total. The first-order valence-electron chi connectivity index (χ1n) is 6.54. The fraction of sp³-hybridized carbons (Fsp3) is 0.133. The number of carbonyl (C=O) groups is 1. The van der Waals surface area contributed by atoms with Crippen molar-refractivity contribution in [1.29, 1.82) is 0 Å². The number of sulfonamides is 1. The molecule has 0 spiro atoms. The zero-order chi connectivity index (χ0) is 17.9. The number of ether oxygens (including phenoxy) is 2. The van der Waals surface area contributed by atoms with Gasteiger partial charge in [-0.2, -0.15) is 0 Å². The number of benzene rings is 2. The molecule has 2 aromatic rings. The molecule has 0 atom stereocenters. The molecule has 0 bridgehead atoms. The molecule has 9 heteroatoms. The van der Waals surface area contributed by atoms with Gasteiger partial charge in [-0.1, -0.05) is 35.3 Å². The van der Waals surface area contributed by atoms with Crippen molar-refractivity contribution >= 4 is 44.9 Å². The Morgan fingerprint density at radius 1 is 1.04 bits per heavy atom. The zero-order valence-electron chi connectivity index (χ0n) is 12.7. The van der Waals surface area contributed by atoms with Gasteiger partial charge in [0.1, 0.15) is 15.7 Å². The molecule has 0 saturated heterocycles. The smallest absolute Gasteiger partial charge is 0.339 e. The third kappa shape index (κ3) is 3.58. The number of hydrogen-bond donors (Lipinski definition) is 1. The zero-order valence-corrected chi connectivity index (χ0v) is 15.0. The van der Waals surface area contributed by atoms with E-state index in [2.05, 4.69) is 9.46 Å². The van der Waals surface area contributed by atoms with Gasteiger partial charge in [0.05, 0.1) is 30.5 Å². The van der Waals surface area contributed by atoms with E-state index in [1.54, 1.807) is 12.1 Å². The summed E-state index contributed by atoms with van der Waals surface area (Å²) >= 11 is 12.0. The SMILES string of the molecule is COC(=O)c1ccccc1NS(=O)(=O)c1ccc(OC)c(Cl)c1Cl. The van der Waals surface area contributed by atoms with E-state index < -0.39 is 16.0 Å². The number of esters is 1. The summed E-state index contributed by atoms with van der Waals surface area (Å²) < 4.78 is 37.1. The van der Waals surface area contributed by atoms with Gasteiger partial charge in [0.2, 0.25) is 0 Å². The average molecular weight is 390 g/mol. The van der Waals surface area contributed by atoms with Gasteiger partial charge in [0.25, 0.3) is 10.0 Å². The van der Waals surface area contributed by atoms with Crippen molar-refractivity contribution in [3.05, 3.63) is 52.0 Å². The molecular formula is C15H13Cl2NO5S. The summed E-state index contributed by atoms with van der Waals surface area (Å²) in [6, 6.07) is 8.68. The van der Waals surface area contributed by atoms with Crippen molar-refractivity contribution in [2.24, 2.45) is 0 Å². The van der Waals surface area contributed by atoms with Crippen LogP contribution in [0.3, 0.4) is 0 Å². The molecule has 0 saturated carbocycles. The minimum Gasteiger partial charge on any atom is -0.495 e. The third-order valence-corrected chi connectivity index (χ3v) is 5.48. The van der Waals surface area contributed by atoms with Crippen LogP contribution in [-0.4, -0.2) is 28.6 Å². The van der Waals surface area contributed by atoms with Gasteiger partial charge >= 0.3 is 5.97 Å². The molecule has 1 N–H and O–H groups in total. The number of methoxy groups -OCH3 is 2. The van der Waals surface area contributed by atoms with Crippen LogP contribution in [0.5, 0.6) is 5.75 Å². The van der Waals surface area contributed by atoms with Crippen LogP contribution in [0, 0.1) is 0 Å². The lowest BCUT2D eigenvalue weighted by Gasteiger charge is -2.14. The highest BCUT2D eigenvalue weighted by molar-refractivity contribution is 7.92. The molecule has 0 aliphatic heterocycles. The molecule has 0 amide bonds. The number of anilines is 1. The van der Waals surface area contributed by atoms with Gasteiger partial charge in [0, 0.05) is 0 Å². The maximum Gasteiger partial charge on any atom is 0.339 e. The number of hydrogen-bond acceptors (Lipinski definition) is 5. The first kappa shape index (κ1) is 18.4. The lowest BCUT2D eigenvalue weighted by atomic mass is 10.2. The summed E-state index contributed by atoms with van der Waals surface area (Å²) in [5, 5.41) is -0.206. The first-order valence-corrected chi connectivity index (χ1v) is 8.78. The Morgan fingerprint density at radius 2 is 1.71 bits per heavy atom. The van der Waals surface area contributed by atoms with E-state index in [-0.39, 0.29) is 31.9 Å². The monoisotopic (exact) mass is 389 g/mol. The maximum absolute atomic E-state index is 12.6. The van der Waals surface area contributed by atoms with Crippen LogP contribution >= 0.6 is 23.2 Å². The van der Waals surface area contributed by atoms with Crippen molar-refractivity contribution in [3.8, 4) is 5.75 Å². The summed E-state index contributed by atoms with van der Waals surface area (Å²) in [7, 11) is -1.50. The van der Waals surface area contributed by atoms with Crippen molar-refractivity contribution in [2.75, 3.05) is 18.9 Å². The van der Waals surface area contributed by atoms with E-state index in [0.29, 0.717) is 0 Å². The Hall–Kier alpha value is -1.96. The highest BCUT2D eigenvalue weighted by atomic mass is 35.5. The minimum absolute atomic E-state index is 0.0247. The van der Waals surface area contributed by atoms with Crippen molar-refractivity contribution in [3.63, 3.8) is 0 Å². The van der Waals surface area contributed by atoms with E-state index in [1.165, 1.54) is 38.5 Å². The number of carbonyl (C=O) groups excluding carboxylic acids is 1.